The summed E-state index contributed by atoms with van der Waals surface area (Å²) in [5, 5.41) is 0. The summed E-state index contributed by atoms with van der Waals surface area (Å²) in [5.74, 6) is 0.451. The first-order valence-corrected chi connectivity index (χ1v) is 5.31. The number of nitrogens with two attached hydrogens (primary N) is 1. The molecule has 0 unspecified atom stereocenters. The van der Waals surface area contributed by atoms with E-state index in [1.807, 2.05) is 18.2 Å². The van der Waals surface area contributed by atoms with Crippen molar-refractivity contribution in [3.63, 3.8) is 0 Å². The van der Waals surface area contributed by atoms with Gasteiger partial charge in [0.05, 0.1) is 7.11 Å². The van der Waals surface area contributed by atoms with Crippen LogP contribution >= 0.6 is 12.4 Å². The number of carbonyl (C=O) groups excluding carboxylic acids is 1. The van der Waals surface area contributed by atoms with Crippen LogP contribution in [0.25, 0.3) is 0 Å². The molecule has 2 rings (SSSR count). The van der Waals surface area contributed by atoms with E-state index in [4.69, 9.17) is 10.5 Å². The minimum Gasteiger partial charge on any atom is -0.478 e. The standard InChI is InChI=1S/C12H15NO3.ClH/c1-15-12(14)11-5-3-9-6-8(7-13)2-4-10(9)16-11;/h2,4,6,11H,3,5,7,13H2,1H3;1H/t11-;/m1./s1. The minimum atomic E-state index is -0.471. The van der Waals surface area contributed by atoms with Crippen molar-refractivity contribution in [2.75, 3.05) is 7.11 Å². The topological polar surface area (TPSA) is 61.5 Å². The number of ether oxygens (including phenoxy) is 2. The molecule has 0 aliphatic carbocycles. The Morgan fingerprint density at radius 2 is 2.35 bits per heavy atom. The molecule has 0 bridgehead atoms. The Balaban J connectivity index is 0.00000144. The summed E-state index contributed by atoms with van der Waals surface area (Å²) in [5.41, 5.74) is 7.76. The molecule has 1 aromatic carbocycles. The highest BCUT2D eigenvalue weighted by molar-refractivity contribution is 5.85. The van der Waals surface area contributed by atoms with E-state index in [9.17, 15) is 4.79 Å². The Morgan fingerprint density at radius 1 is 1.59 bits per heavy atom. The molecule has 1 atom stereocenters. The SMILES string of the molecule is COC(=O)[C@H]1CCc2cc(CN)ccc2O1.Cl. The lowest BCUT2D eigenvalue weighted by Gasteiger charge is -2.24. The van der Waals surface area contributed by atoms with Gasteiger partial charge in [-0.05, 0) is 30.0 Å². The van der Waals surface area contributed by atoms with Gasteiger partial charge in [0, 0.05) is 6.54 Å². The lowest BCUT2D eigenvalue weighted by Crippen LogP contribution is -2.32. The van der Waals surface area contributed by atoms with Crippen LogP contribution in [-0.4, -0.2) is 19.2 Å². The zero-order valence-corrected chi connectivity index (χ0v) is 10.5. The number of carbonyl (C=O) groups is 1. The Morgan fingerprint density at radius 3 is 3.00 bits per heavy atom. The smallest absolute Gasteiger partial charge is 0.347 e. The molecule has 94 valence electrons. The summed E-state index contributed by atoms with van der Waals surface area (Å²) in [6.45, 7) is 0.522. The zero-order valence-electron chi connectivity index (χ0n) is 9.64. The Hall–Kier alpha value is -1.26. The Labute approximate surface area is 106 Å². The number of aryl methyl sites for hydroxylation is 1. The number of hydrogen-bond donors (Lipinski definition) is 1. The fraction of sp³-hybridized carbons (Fsp3) is 0.417. The lowest BCUT2D eigenvalue weighted by atomic mass is 10.00. The Kier molecular flexibility index (Phi) is 4.78. The maximum atomic E-state index is 11.3. The summed E-state index contributed by atoms with van der Waals surface area (Å²) >= 11 is 0. The molecule has 0 aromatic heterocycles. The second-order valence-corrected chi connectivity index (χ2v) is 3.81. The van der Waals surface area contributed by atoms with E-state index < -0.39 is 6.10 Å². The van der Waals surface area contributed by atoms with E-state index in [2.05, 4.69) is 4.74 Å². The van der Waals surface area contributed by atoms with E-state index in [-0.39, 0.29) is 18.4 Å². The van der Waals surface area contributed by atoms with Crippen LogP contribution in [-0.2, 0) is 22.5 Å². The van der Waals surface area contributed by atoms with E-state index in [1.165, 1.54) is 7.11 Å². The molecule has 4 nitrogen and oxygen atoms in total. The first-order chi connectivity index (χ1) is 7.74. The predicted molar refractivity (Wildman–Crippen MR) is 66.3 cm³/mol. The first-order valence-electron chi connectivity index (χ1n) is 5.31. The number of methoxy groups -OCH3 is 1. The minimum absolute atomic E-state index is 0. The van der Waals surface area contributed by atoms with Crippen molar-refractivity contribution >= 4 is 18.4 Å². The predicted octanol–water partition coefficient (Wildman–Crippen LogP) is 1.43. The lowest BCUT2D eigenvalue weighted by molar-refractivity contribution is -0.149. The number of fused-ring (bicyclic) bond motifs is 1. The molecule has 1 aliphatic heterocycles. The van der Waals surface area contributed by atoms with Gasteiger partial charge < -0.3 is 15.2 Å². The van der Waals surface area contributed by atoms with Crippen LogP contribution in [0.15, 0.2) is 18.2 Å². The van der Waals surface area contributed by atoms with Crippen molar-refractivity contribution in [2.24, 2.45) is 5.73 Å². The fourth-order valence-corrected chi connectivity index (χ4v) is 1.87. The van der Waals surface area contributed by atoms with Crippen molar-refractivity contribution in [3.8, 4) is 5.75 Å². The third-order valence-electron chi connectivity index (χ3n) is 2.77. The van der Waals surface area contributed by atoms with Crippen LogP contribution in [0.2, 0.25) is 0 Å². The number of esters is 1. The largest absolute Gasteiger partial charge is 0.478 e. The molecule has 1 aromatic rings. The summed E-state index contributed by atoms with van der Waals surface area (Å²) in [6.07, 6.45) is 1.01. The molecule has 0 saturated carbocycles. The third-order valence-corrected chi connectivity index (χ3v) is 2.77. The van der Waals surface area contributed by atoms with Crippen molar-refractivity contribution in [3.05, 3.63) is 29.3 Å². The average molecular weight is 258 g/mol. The van der Waals surface area contributed by atoms with Crippen molar-refractivity contribution < 1.29 is 14.3 Å². The average Bonchev–Trinajstić information content (AvgIpc) is 2.36. The maximum Gasteiger partial charge on any atom is 0.347 e. The van der Waals surface area contributed by atoms with Gasteiger partial charge in [0.25, 0.3) is 0 Å². The summed E-state index contributed by atoms with van der Waals surface area (Å²) in [4.78, 5) is 11.3. The van der Waals surface area contributed by atoms with Gasteiger partial charge in [-0.3, -0.25) is 0 Å². The molecule has 1 heterocycles. The van der Waals surface area contributed by atoms with Crippen LogP contribution in [0, 0.1) is 0 Å². The number of benzene rings is 1. The van der Waals surface area contributed by atoms with Gasteiger partial charge in [0.15, 0.2) is 6.10 Å². The first kappa shape index (κ1) is 13.8. The quantitative estimate of drug-likeness (QED) is 0.815. The second-order valence-electron chi connectivity index (χ2n) is 3.81. The van der Waals surface area contributed by atoms with E-state index in [0.717, 1.165) is 23.3 Å². The molecule has 5 heteroatoms. The van der Waals surface area contributed by atoms with Gasteiger partial charge in [0.2, 0.25) is 0 Å². The van der Waals surface area contributed by atoms with Gasteiger partial charge >= 0.3 is 5.97 Å². The molecule has 2 N–H and O–H groups in total. The Bertz CT molecular complexity index is 409. The molecular weight excluding hydrogens is 242 g/mol. The molecule has 0 fully saturated rings. The molecule has 17 heavy (non-hydrogen) atoms. The highest BCUT2D eigenvalue weighted by atomic mass is 35.5. The molecule has 0 spiro atoms. The summed E-state index contributed by atoms with van der Waals surface area (Å²) < 4.78 is 10.2. The van der Waals surface area contributed by atoms with Gasteiger partial charge in [-0.2, -0.15) is 0 Å². The van der Waals surface area contributed by atoms with Crippen LogP contribution in [0.1, 0.15) is 17.5 Å². The number of halogens is 1. The highest BCUT2D eigenvalue weighted by Gasteiger charge is 2.26. The molecule has 0 amide bonds. The van der Waals surface area contributed by atoms with Crippen LogP contribution in [0.5, 0.6) is 5.75 Å². The highest BCUT2D eigenvalue weighted by Crippen LogP contribution is 2.28. The fourth-order valence-electron chi connectivity index (χ4n) is 1.87. The number of hydrogen-bond acceptors (Lipinski definition) is 4. The van der Waals surface area contributed by atoms with E-state index in [1.54, 1.807) is 0 Å². The van der Waals surface area contributed by atoms with E-state index >= 15 is 0 Å². The van der Waals surface area contributed by atoms with Crippen molar-refractivity contribution in [1.82, 2.24) is 0 Å². The van der Waals surface area contributed by atoms with Gasteiger partial charge in [-0.15, -0.1) is 12.4 Å². The monoisotopic (exact) mass is 257 g/mol. The van der Waals surface area contributed by atoms with Crippen molar-refractivity contribution in [2.45, 2.75) is 25.5 Å². The number of rotatable bonds is 2. The molecule has 1 aliphatic rings. The van der Waals surface area contributed by atoms with Gasteiger partial charge in [-0.1, -0.05) is 12.1 Å². The maximum absolute atomic E-state index is 11.3. The summed E-state index contributed by atoms with van der Waals surface area (Å²) in [6, 6.07) is 5.81. The normalized spacial score (nSPS) is 17.4. The van der Waals surface area contributed by atoms with Crippen LogP contribution in [0.4, 0.5) is 0 Å². The van der Waals surface area contributed by atoms with Crippen LogP contribution < -0.4 is 10.5 Å². The van der Waals surface area contributed by atoms with Crippen molar-refractivity contribution in [1.29, 1.82) is 0 Å². The zero-order chi connectivity index (χ0) is 11.5. The van der Waals surface area contributed by atoms with Gasteiger partial charge in [0.1, 0.15) is 5.75 Å². The second kappa shape index (κ2) is 5.89. The van der Waals surface area contributed by atoms with E-state index in [0.29, 0.717) is 13.0 Å². The third kappa shape index (κ3) is 2.90. The van der Waals surface area contributed by atoms with Gasteiger partial charge in [-0.25, -0.2) is 4.79 Å². The summed E-state index contributed by atoms with van der Waals surface area (Å²) in [7, 11) is 1.37. The molecule has 0 saturated heterocycles. The molecule has 0 radical (unpaired) electrons. The molecular formula is C12H16ClNO3. The van der Waals surface area contributed by atoms with Crippen LogP contribution in [0.3, 0.4) is 0 Å².